The lowest BCUT2D eigenvalue weighted by molar-refractivity contribution is 0.311. The Balaban J connectivity index is 1.45. The van der Waals surface area contributed by atoms with Crippen LogP contribution >= 0.6 is 11.3 Å². The number of pyridine rings is 1. The highest BCUT2D eigenvalue weighted by molar-refractivity contribution is 7.08. The Morgan fingerprint density at radius 3 is 2.76 bits per heavy atom. The summed E-state index contributed by atoms with van der Waals surface area (Å²) in [5.74, 6) is 0.414. The lowest BCUT2D eigenvalue weighted by atomic mass is 10.1. The van der Waals surface area contributed by atoms with E-state index in [-0.39, 0.29) is 5.82 Å². The highest BCUT2D eigenvalue weighted by Crippen LogP contribution is 2.34. The molecule has 4 heterocycles. The quantitative estimate of drug-likeness (QED) is 0.527. The molecule has 0 saturated carbocycles. The number of aromatic amines is 1. The van der Waals surface area contributed by atoms with Crippen LogP contribution in [0.4, 0.5) is 21.6 Å². The van der Waals surface area contributed by atoms with Crippen molar-refractivity contribution in [1.29, 1.82) is 0 Å². The first-order valence-corrected chi connectivity index (χ1v) is 10.5. The van der Waals surface area contributed by atoms with Crippen molar-refractivity contribution in [3.63, 3.8) is 0 Å². The average molecular weight is 409 g/mol. The molecule has 0 unspecified atom stereocenters. The number of hydrogen-bond acceptors (Lipinski definition) is 6. The van der Waals surface area contributed by atoms with E-state index >= 15 is 0 Å². The average Bonchev–Trinajstić information content (AvgIpc) is 3.40. The Bertz CT molecular complexity index is 1130. The number of benzene rings is 1. The third-order valence-electron chi connectivity index (χ3n) is 5.35. The molecule has 1 aromatic carbocycles. The van der Waals surface area contributed by atoms with Crippen molar-refractivity contribution in [3.05, 3.63) is 53.1 Å². The number of likely N-dealkylation sites (N-methyl/N-ethyl adjacent to an activating group) is 1. The Kier molecular flexibility index (Phi) is 4.65. The minimum Gasteiger partial charge on any atom is -0.367 e. The van der Waals surface area contributed by atoms with Crippen LogP contribution in [0.3, 0.4) is 0 Å². The van der Waals surface area contributed by atoms with Crippen LogP contribution in [0.1, 0.15) is 0 Å². The number of anilines is 3. The molecule has 8 heteroatoms. The van der Waals surface area contributed by atoms with Gasteiger partial charge in [0.25, 0.3) is 0 Å². The Labute approximate surface area is 172 Å². The summed E-state index contributed by atoms with van der Waals surface area (Å²) in [5, 5.41) is 15.6. The largest absolute Gasteiger partial charge is 0.367 e. The van der Waals surface area contributed by atoms with Gasteiger partial charge in [0.2, 0.25) is 0 Å². The number of rotatable bonds is 4. The summed E-state index contributed by atoms with van der Waals surface area (Å²) < 4.78 is 14.8. The van der Waals surface area contributed by atoms with E-state index in [1.807, 2.05) is 23.6 Å². The molecule has 1 aliphatic heterocycles. The normalized spacial score (nSPS) is 15.2. The van der Waals surface area contributed by atoms with Gasteiger partial charge in [-0.1, -0.05) is 0 Å². The fourth-order valence-corrected chi connectivity index (χ4v) is 4.38. The van der Waals surface area contributed by atoms with E-state index < -0.39 is 0 Å². The van der Waals surface area contributed by atoms with Crippen molar-refractivity contribution >= 4 is 39.6 Å². The number of thiophene rings is 1. The van der Waals surface area contributed by atoms with E-state index in [1.54, 1.807) is 17.5 Å². The first kappa shape index (κ1) is 18.1. The van der Waals surface area contributed by atoms with Gasteiger partial charge in [0.05, 0.1) is 11.1 Å². The van der Waals surface area contributed by atoms with Gasteiger partial charge in [0, 0.05) is 38.1 Å². The van der Waals surface area contributed by atoms with E-state index in [1.165, 1.54) is 6.07 Å². The van der Waals surface area contributed by atoms with Crippen LogP contribution in [0.2, 0.25) is 0 Å². The van der Waals surface area contributed by atoms with E-state index in [4.69, 9.17) is 0 Å². The van der Waals surface area contributed by atoms with E-state index in [0.717, 1.165) is 42.7 Å². The van der Waals surface area contributed by atoms with Crippen molar-refractivity contribution in [3.8, 4) is 11.1 Å². The summed E-state index contributed by atoms with van der Waals surface area (Å²) in [6, 6.07) is 9.32. The van der Waals surface area contributed by atoms with Crippen LogP contribution in [0.25, 0.3) is 22.2 Å². The molecular weight excluding hydrogens is 387 g/mol. The lowest BCUT2D eigenvalue weighted by Crippen LogP contribution is -2.44. The highest BCUT2D eigenvalue weighted by Gasteiger charge is 2.18. The van der Waals surface area contributed by atoms with Crippen molar-refractivity contribution in [1.82, 2.24) is 20.1 Å². The van der Waals surface area contributed by atoms with Crippen LogP contribution in [0.15, 0.2) is 47.3 Å². The minimum atomic E-state index is -0.226. The van der Waals surface area contributed by atoms with Gasteiger partial charge in [-0.15, -0.1) is 0 Å². The smallest absolute Gasteiger partial charge is 0.162 e. The second kappa shape index (κ2) is 7.46. The molecule has 0 aliphatic carbocycles. The molecule has 5 rings (SSSR count). The molecule has 0 radical (unpaired) electrons. The van der Waals surface area contributed by atoms with Crippen LogP contribution in [0, 0.1) is 5.82 Å². The highest BCUT2D eigenvalue weighted by atomic mass is 32.1. The topological polar surface area (TPSA) is 60.1 Å². The number of fused-ring (bicyclic) bond motifs is 1. The summed E-state index contributed by atoms with van der Waals surface area (Å²) in [5.41, 5.74) is 4.17. The number of halogens is 1. The summed E-state index contributed by atoms with van der Waals surface area (Å²) in [6.45, 7) is 3.55. The zero-order valence-electron chi connectivity index (χ0n) is 16.0. The molecule has 0 bridgehead atoms. The molecular formula is C21H21FN6S. The predicted octanol–water partition coefficient (Wildman–Crippen LogP) is 4.32. The standard InChI is InChI=1S/C21H21FN6S/c1-27-7-9-28(10-8-27)18-3-2-15(12-17(18)22)24-21-19-16(14-5-11-29-13-14)4-6-23-20(19)25-26-21/h2-6,11-13H,7-10H2,1H3,(H2,23,24,25,26). The van der Waals surface area contributed by atoms with Crippen LogP contribution in [-0.4, -0.2) is 53.3 Å². The third-order valence-corrected chi connectivity index (χ3v) is 6.03. The number of H-pyrrole nitrogens is 1. The Morgan fingerprint density at radius 1 is 1.14 bits per heavy atom. The zero-order chi connectivity index (χ0) is 19.8. The first-order valence-electron chi connectivity index (χ1n) is 9.55. The Hall–Kier alpha value is -2.97. The minimum absolute atomic E-state index is 0.226. The van der Waals surface area contributed by atoms with Gasteiger partial charge in [-0.25, -0.2) is 9.37 Å². The summed E-state index contributed by atoms with van der Waals surface area (Å²) >= 11 is 1.64. The summed E-state index contributed by atoms with van der Waals surface area (Å²) in [7, 11) is 2.09. The van der Waals surface area contributed by atoms with Crippen molar-refractivity contribution in [2.45, 2.75) is 0 Å². The molecule has 148 valence electrons. The van der Waals surface area contributed by atoms with Gasteiger partial charge in [-0.3, -0.25) is 5.10 Å². The number of nitrogens with zero attached hydrogens (tertiary/aromatic N) is 4. The second-order valence-corrected chi connectivity index (χ2v) is 8.03. The maximum Gasteiger partial charge on any atom is 0.162 e. The molecule has 29 heavy (non-hydrogen) atoms. The van der Waals surface area contributed by atoms with Crippen LogP contribution in [0.5, 0.6) is 0 Å². The van der Waals surface area contributed by atoms with Gasteiger partial charge in [0.15, 0.2) is 11.5 Å². The SMILES string of the molecule is CN1CCN(c2ccc(Nc3n[nH]c4nccc(-c5ccsc5)c34)cc2F)CC1. The molecule has 0 atom stereocenters. The molecule has 1 fully saturated rings. The van der Waals surface area contributed by atoms with Crippen molar-refractivity contribution < 1.29 is 4.39 Å². The fraction of sp³-hybridized carbons (Fsp3) is 0.238. The number of piperazine rings is 1. The summed E-state index contributed by atoms with van der Waals surface area (Å²) in [4.78, 5) is 8.73. The van der Waals surface area contributed by atoms with Gasteiger partial charge in [-0.05, 0) is 59.3 Å². The molecule has 0 amide bonds. The molecule has 2 N–H and O–H groups in total. The van der Waals surface area contributed by atoms with Gasteiger partial charge in [0.1, 0.15) is 5.82 Å². The predicted molar refractivity (Wildman–Crippen MR) is 117 cm³/mol. The number of hydrogen-bond donors (Lipinski definition) is 2. The van der Waals surface area contributed by atoms with Crippen molar-refractivity contribution in [2.75, 3.05) is 43.4 Å². The zero-order valence-corrected chi connectivity index (χ0v) is 16.8. The molecule has 0 spiro atoms. The Morgan fingerprint density at radius 2 is 2.00 bits per heavy atom. The van der Waals surface area contributed by atoms with Gasteiger partial charge in [-0.2, -0.15) is 16.4 Å². The second-order valence-electron chi connectivity index (χ2n) is 7.25. The molecule has 1 aliphatic rings. The van der Waals surface area contributed by atoms with E-state index in [2.05, 4.69) is 48.8 Å². The van der Waals surface area contributed by atoms with E-state index in [9.17, 15) is 4.39 Å². The third kappa shape index (κ3) is 3.45. The molecule has 6 nitrogen and oxygen atoms in total. The molecule has 4 aromatic rings. The fourth-order valence-electron chi connectivity index (χ4n) is 3.72. The van der Waals surface area contributed by atoms with Crippen LogP contribution < -0.4 is 10.2 Å². The maximum atomic E-state index is 14.8. The van der Waals surface area contributed by atoms with Gasteiger partial charge < -0.3 is 15.1 Å². The first-order chi connectivity index (χ1) is 14.2. The lowest BCUT2D eigenvalue weighted by Gasteiger charge is -2.34. The number of aromatic nitrogens is 3. The maximum absolute atomic E-state index is 14.8. The summed E-state index contributed by atoms with van der Waals surface area (Å²) in [6.07, 6.45) is 1.77. The van der Waals surface area contributed by atoms with Gasteiger partial charge >= 0.3 is 0 Å². The molecule has 1 saturated heterocycles. The van der Waals surface area contributed by atoms with Crippen molar-refractivity contribution in [2.24, 2.45) is 0 Å². The van der Waals surface area contributed by atoms with E-state index in [0.29, 0.717) is 22.8 Å². The molecule has 3 aromatic heterocycles. The van der Waals surface area contributed by atoms with Crippen LogP contribution in [-0.2, 0) is 0 Å². The number of nitrogens with one attached hydrogen (secondary N) is 2. The monoisotopic (exact) mass is 408 g/mol.